The van der Waals surface area contributed by atoms with Crippen molar-refractivity contribution in [1.29, 1.82) is 0 Å². The van der Waals surface area contributed by atoms with Crippen LogP contribution >= 0.6 is 11.3 Å². The Labute approximate surface area is 117 Å². The number of thiophene rings is 1. The lowest BCUT2D eigenvalue weighted by atomic mass is 10.1. The summed E-state index contributed by atoms with van der Waals surface area (Å²) in [6.07, 6.45) is 4.04. The van der Waals surface area contributed by atoms with E-state index in [2.05, 4.69) is 30.2 Å². The zero-order chi connectivity index (χ0) is 13.7. The summed E-state index contributed by atoms with van der Waals surface area (Å²) in [6, 6.07) is 7.71. The number of hydrogen-bond acceptors (Lipinski definition) is 3. The number of hydrogen-bond donors (Lipinski definition) is 1. The van der Waals surface area contributed by atoms with Crippen LogP contribution in [0.15, 0.2) is 30.5 Å². The molecule has 100 valence electrons. The highest BCUT2D eigenvalue weighted by atomic mass is 32.1. The van der Waals surface area contributed by atoms with Gasteiger partial charge >= 0.3 is 0 Å². The van der Waals surface area contributed by atoms with Crippen LogP contribution in [-0.4, -0.2) is 10.9 Å². The van der Waals surface area contributed by atoms with Crippen molar-refractivity contribution in [2.75, 3.05) is 5.32 Å². The summed E-state index contributed by atoms with van der Waals surface area (Å²) in [7, 11) is 0. The molecule has 0 spiro atoms. The molecule has 19 heavy (non-hydrogen) atoms. The number of anilines is 1. The quantitative estimate of drug-likeness (QED) is 0.903. The average molecular weight is 274 g/mol. The summed E-state index contributed by atoms with van der Waals surface area (Å²) in [5.41, 5.74) is 1.37. The highest BCUT2D eigenvalue weighted by Gasteiger charge is 2.06. The van der Waals surface area contributed by atoms with Gasteiger partial charge in [0.15, 0.2) is 0 Å². The maximum atomic E-state index is 11.7. The van der Waals surface area contributed by atoms with Gasteiger partial charge in [0.1, 0.15) is 5.82 Å². The Morgan fingerprint density at radius 1 is 1.37 bits per heavy atom. The van der Waals surface area contributed by atoms with Crippen LogP contribution in [-0.2, 0) is 11.2 Å². The Kier molecular flexibility index (Phi) is 4.68. The molecule has 2 rings (SSSR count). The van der Waals surface area contributed by atoms with Gasteiger partial charge in [0.05, 0.1) is 0 Å². The maximum Gasteiger partial charge on any atom is 0.225 e. The predicted molar refractivity (Wildman–Crippen MR) is 79.6 cm³/mol. The van der Waals surface area contributed by atoms with E-state index in [0.717, 1.165) is 12.8 Å². The Bertz CT molecular complexity index is 549. The molecule has 3 nitrogen and oxygen atoms in total. The molecule has 0 aromatic carbocycles. The molecule has 2 aromatic heterocycles. The normalized spacial score (nSPS) is 10.4. The number of aromatic nitrogens is 1. The van der Waals surface area contributed by atoms with E-state index in [1.54, 1.807) is 12.3 Å². The van der Waals surface area contributed by atoms with Crippen LogP contribution in [0.25, 0.3) is 0 Å². The van der Waals surface area contributed by atoms with E-state index in [9.17, 15) is 4.79 Å². The Morgan fingerprint density at radius 3 is 2.84 bits per heavy atom. The van der Waals surface area contributed by atoms with Gasteiger partial charge in [-0.15, -0.1) is 11.3 Å². The predicted octanol–water partition coefficient (Wildman–Crippen LogP) is 3.72. The number of aryl methyl sites for hydroxylation is 3. The van der Waals surface area contributed by atoms with Crippen molar-refractivity contribution in [3.05, 3.63) is 45.8 Å². The highest BCUT2D eigenvalue weighted by molar-refractivity contribution is 7.12. The molecule has 4 heteroatoms. The topological polar surface area (TPSA) is 42.0 Å². The van der Waals surface area contributed by atoms with Gasteiger partial charge in [-0.3, -0.25) is 4.79 Å². The minimum Gasteiger partial charge on any atom is -0.311 e. The molecular weight excluding hydrogens is 256 g/mol. The molecular formula is C15H18N2OS. The number of nitrogens with zero attached hydrogens (tertiary/aromatic N) is 1. The van der Waals surface area contributed by atoms with Crippen molar-refractivity contribution < 1.29 is 4.79 Å². The fraction of sp³-hybridized carbons (Fsp3) is 0.333. The third-order valence-corrected chi connectivity index (χ3v) is 3.93. The number of rotatable bonds is 5. The molecule has 0 fully saturated rings. The van der Waals surface area contributed by atoms with Crippen molar-refractivity contribution in [1.82, 2.24) is 4.98 Å². The zero-order valence-corrected chi connectivity index (χ0v) is 12.1. The van der Waals surface area contributed by atoms with Crippen LogP contribution in [0.1, 0.15) is 28.2 Å². The molecule has 0 unspecified atom stereocenters. The summed E-state index contributed by atoms with van der Waals surface area (Å²) < 4.78 is 0. The van der Waals surface area contributed by atoms with Crippen molar-refractivity contribution in [3.63, 3.8) is 0 Å². The van der Waals surface area contributed by atoms with Crippen molar-refractivity contribution in [2.45, 2.75) is 33.1 Å². The molecule has 2 aromatic rings. The third kappa shape index (κ3) is 4.17. The summed E-state index contributed by atoms with van der Waals surface area (Å²) in [4.78, 5) is 18.5. The summed E-state index contributed by atoms with van der Waals surface area (Å²) in [5, 5.41) is 2.80. The Hall–Kier alpha value is -1.68. The van der Waals surface area contributed by atoms with E-state index in [1.165, 1.54) is 15.3 Å². The SMILES string of the molecule is Cc1cc(CCCC(=O)Nc2ccccn2)c(C)s1. The number of pyridine rings is 1. The monoisotopic (exact) mass is 274 g/mol. The second kappa shape index (κ2) is 6.48. The summed E-state index contributed by atoms with van der Waals surface area (Å²) in [5.74, 6) is 0.651. The highest BCUT2D eigenvalue weighted by Crippen LogP contribution is 2.22. The third-order valence-electron chi connectivity index (χ3n) is 2.93. The summed E-state index contributed by atoms with van der Waals surface area (Å²) in [6.45, 7) is 4.26. The number of nitrogens with one attached hydrogen (secondary N) is 1. The fourth-order valence-corrected chi connectivity index (χ4v) is 2.99. The van der Waals surface area contributed by atoms with Crippen molar-refractivity contribution in [2.24, 2.45) is 0 Å². The van der Waals surface area contributed by atoms with Crippen LogP contribution in [0, 0.1) is 13.8 Å². The van der Waals surface area contributed by atoms with Crippen LogP contribution in [0.4, 0.5) is 5.82 Å². The van der Waals surface area contributed by atoms with Gasteiger partial charge in [-0.05, 0) is 50.5 Å². The minimum absolute atomic E-state index is 0.0308. The molecule has 0 aliphatic carbocycles. The first-order valence-electron chi connectivity index (χ1n) is 6.42. The lowest BCUT2D eigenvalue weighted by molar-refractivity contribution is -0.116. The minimum atomic E-state index is 0.0308. The first kappa shape index (κ1) is 13.7. The van der Waals surface area contributed by atoms with Crippen molar-refractivity contribution in [3.8, 4) is 0 Å². The van der Waals surface area contributed by atoms with E-state index in [-0.39, 0.29) is 5.91 Å². The van der Waals surface area contributed by atoms with Gasteiger partial charge in [-0.2, -0.15) is 0 Å². The van der Waals surface area contributed by atoms with Crippen LogP contribution < -0.4 is 5.32 Å². The summed E-state index contributed by atoms with van der Waals surface area (Å²) >= 11 is 1.82. The molecule has 0 saturated carbocycles. The zero-order valence-electron chi connectivity index (χ0n) is 11.3. The second-order valence-electron chi connectivity index (χ2n) is 4.56. The number of amides is 1. The molecule has 1 amide bonds. The van der Waals surface area contributed by atoms with Gasteiger partial charge in [0.2, 0.25) is 5.91 Å². The van der Waals surface area contributed by atoms with Gasteiger partial charge in [-0.1, -0.05) is 6.07 Å². The lowest BCUT2D eigenvalue weighted by Crippen LogP contribution is -2.12. The van der Waals surface area contributed by atoms with Gasteiger partial charge in [-0.25, -0.2) is 4.98 Å². The van der Waals surface area contributed by atoms with Crippen molar-refractivity contribution >= 4 is 23.1 Å². The van der Waals surface area contributed by atoms with Crippen LogP contribution in [0.5, 0.6) is 0 Å². The number of carbonyl (C=O) groups is 1. The molecule has 1 N–H and O–H groups in total. The Balaban J connectivity index is 1.77. The molecule has 0 saturated heterocycles. The van der Waals surface area contributed by atoms with Gasteiger partial charge in [0.25, 0.3) is 0 Å². The van der Waals surface area contributed by atoms with E-state index in [1.807, 2.05) is 23.5 Å². The molecule has 2 heterocycles. The van der Waals surface area contributed by atoms with Crippen LogP contribution in [0.2, 0.25) is 0 Å². The van der Waals surface area contributed by atoms with E-state index in [0.29, 0.717) is 12.2 Å². The molecule has 0 bridgehead atoms. The van der Waals surface area contributed by atoms with E-state index >= 15 is 0 Å². The molecule has 0 aliphatic rings. The van der Waals surface area contributed by atoms with E-state index in [4.69, 9.17) is 0 Å². The van der Waals surface area contributed by atoms with Crippen LogP contribution in [0.3, 0.4) is 0 Å². The molecule has 0 aliphatic heterocycles. The molecule has 0 atom stereocenters. The second-order valence-corrected chi connectivity index (χ2v) is 6.02. The fourth-order valence-electron chi connectivity index (χ4n) is 2.01. The Morgan fingerprint density at radius 2 is 2.21 bits per heavy atom. The largest absolute Gasteiger partial charge is 0.311 e. The van der Waals surface area contributed by atoms with E-state index < -0.39 is 0 Å². The maximum absolute atomic E-state index is 11.7. The van der Waals surface area contributed by atoms with Gasteiger partial charge < -0.3 is 5.32 Å². The smallest absolute Gasteiger partial charge is 0.225 e. The lowest BCUT2D eigenvalue weighted by Gasteiger charge is -2.04. The molecule has 0 radical (unpaired) electrons. The average Bonchev–Trinajstić information content (AvgIpc) is 2.69. The first-order chi connectivity index (χ1) is 9.15. The van der Waals surface area contributed by atoms with Gasteiger partial charge in [0, 0.05) is 22.4 Å². The standard InChI is InChI=1S/C15H18N2OS/c1-11-10-13(12(2)19-11)6-5-8-15(18)17-14-7-3-4-9-16-14/h3-4,7,9-10H,5-6,8H2,1-2H3,(H,16,17,18). The first-order valence-corrected chi connectivity index (χ1v) is 7.23. The number of carbonyl (C=O) groups excluding carboxylic acids is 1.